The Kier molecular flexibility index (Phi) is 7.98. The molecular formula is C19H22Cl2N2O4S. The number of aryl methyl sites for hydroxylation is 1. The average molecular weight is 445 g/mol. The third-order valence-electron chi connectivity index (χ3n) is 3.96. The Morgan fingerprint density at radius 3 is 2.57 bits per heavy atom. The summed E-state index contributed by atoms with van der Waals surface area (Å²) in [5, 5.41) is 3.27. The van der Waals surface area contributed by atoms with Crippen LogP contribution < -0.4 is 14.4 Å². The van der Waals surface area contributed by atoms with Crippen LogP contribution in [0.25, 0.3) is 0 Å². The highest BCUT2D eigenvalue weighted by Gasteiger charge is 2.23. The zero-order chi connectivity index (χ0) is 20.7. The highest BCUT2D eigenvalue weighted by Crippen LogP contribution is 2.30. The fourth-order valence-corrected chi connectivity index (χ4v) is 4.03. The molecule has 2 aromatic carbocycles. The Labute approximate surface area is 175 Å². The van der Waals surface area contributed by atoms with E-state index in [2.05, 4.69) is 5.32 Å². The molecule has 0 heterocycles. The highest BCUT2D eigenvalue weighted by molar-refractivity contribution is 7.92. The van der Waals surface area contributed by atoms with Crippen molar-refractivity contribution in [3.8, 4) is 5.75 Å². The summed E-state index contributed by atoms with van der Waals surface area (Å²) in [5.74, 6) is 0.368. The first kappa shape index (κ1) is 22.3. The van der Waals surface area contributed by atoms with E-state index in [9.17, 15) is 13.2 Å². The van der Waals surface area contributed by atoms with Crippen LogP contribution >= 0.6 is 23.2 Å². The van der Waals surface area contributed by atoms with Gasteiger partial charge in [0.2, 0.25) is 15.9 Å². The van der Waals surface area contributed by atoms with E-state index in [1.807, 2.05) is 24.3 Å². The van der Waals surface area contributed by atoms with Crippen LogP contribution in [0.5, 0.6) is 5.75 Å². The Balaban J connectivity index is 1.93. The number of methoxy groups -OCH3 is 1. The van der Waals surface area contributed by atoms with E-state index in [4.69, 9.17) is 27.9 Å². The molecule has 0 aliphatic heterocycles. The topological polar surface area (TPSA) is 75.7 Å². The molecule has 6 nitrogen and oxygen atoms in total. The largest absolute Gasteiger partial charge is 0.497 e. The summed E-state index contributed by atoms with van der Waals surface area (Å²) in [6.07, 6.45) is 2.49. The number of carbonyl (C=O) groups is 1. The van der Waals surface area contributed by atoms with Crippen molar-refractivity contribution < 1.29 is 17.9 Å². The van der Waals surface area contributed by atoms with Crippen molar-refractivity contribution in [1.29, 1.82) is 0 Å². The number of rotatable bonds is 9. The molecule has 0 saturated carbocycles. The molecule has 0 unspecified atom stereocenters. The van der Waals surface area contributed by atoms with Gasteiger partial charge in [-0.05, 0) is 48.7 Å². The van der Waals surface area contributed by atoms with E-state index in [0.717, 1.165) is 28.3 Å². The Morgan fingerprint density at radius 1 is 1.18 bits per heavy atom. The second kappa shape index (κ2) is 10.0. The lowest BCUT2D eigenvalue weighted by atomic mass is 10.1. The van der Waals surface area contributed by atoms with Crippen LogP contribution in [0.15, 0.2) is 42.5 Å². The molecule has 0 aliphatic rings. The van der Waals surface area contributed by atoms with Gasteiger partial charge in [-0.2, -0.15) is 0 Å². The molecular weight excluding hydrogens is 423 g/mol. The molecule has 1 amide bonds. The van der Waals surface area contributed by atoms with Gasteiger partial charge in [0.1, 0.15) is 12.3 Å². The van der Waals surface area contributed by atoms with Gasteiger partial charge in [0, 0.05) is 11.6 Å². The number of nitrogens with one attached hydrogen (secondary N) is 1. The number of nitrogens with zero attached hydrogens (tertiary/aromatic N) is 1. The summed E-state index contributed by atoms with van der Waals surface area (Å²) in [6, 6.07) is 12.1. The van der Waals surface area contributed by atoms with Crippen LogP contribution in [0.1, 0.15) is 12.0 Å². The van der Waals surface area contributed by atoms with Crippen LogP contribution in [0, 0.1) is 0 Å². The first-order valence-corrected chi connectivity index (χ1v) is 11.1. The van der Waals surface area contributed by atoms with Gasteiger partial charge in [-0.15, -0.1) is 0 Å². The molecule has 0 aromatic heterocycles. The van der Waals surface area contributed by atoms with E-state index < -0.39 is 15.9 Å². The monoisotopic (exact) mass is 444 g/mol. The lowest BCUT2D eigenvalue weighted by Crippen LogP contribution is -2.40. The molecule has 0 atom stereocenters. The zero-order valence-electron chi connectivity index (χ0n) is 15.6. The van der Waals surface area contributed by atoms with Gasteiger partial charge in [0.15, 0.2) is 0 Å². The van der Waals surface area contributed by atoms with Gasteiger partial charge in [0.25, 0.3) is 0 Å². The van der Waals surface area contributed by atoms with Crippen LogP contribution in [0.2, 0.25) is 10.0 Å². The van der Waals surface area contributed by atoms with Crippen LogP contribution in [-0.2, 0) is 21.2 Å². The molecule has 0 saturated heterocycles. The van der Waals surface area contributed by atoms with Crippen molar-refractivity contribution in [3.63, 3.8) is 0 Å². The second-order valence-electron chi connectivity index (χ2n) is 6.17. The van der Waals surface area contributed by atoms with Crippen molar-refractivity contribution in [2.45, 2.75) is 12.8 Å². The quantitative estimate of drug-likeness (QED) is 0.600. The summed E-state index contributed by atoms with van der Waals surface area (Å²) in [7, 11) is -2.09. The van der Waals surface area contributed by atoms with Crippen molar-refractivity contribution in [2.75, 3.05) is 30.8 Å². The van der Waals surface area contributed by atoms with Crippen molar-refractivity contribution >= 4 is 44.8 Å². The minimum atomic E-state index is -3.70. The molecule has 0 radical (unpaired) electrons. The fourth-order valence-electron chi connectivity index (χ4n) is 2.60. The maximum absolute atomic E-state index is 12.3. The summed E-state index contributed by atoms with van der Waals surface area (Å²) >= 11 is 12.0. The molecule has 28 heavy (non-hydrogen) atoms. The Bertz CT molecular complexity index is 935. The highest BCUT2D eigenvalue weighted by atomic mass is 35.5. The number of anilines is 1. The number of halogens is 2. The molecule has 152 valence electrons. The number of hydrogen-bond acceptors (Lipinski definition) is 4. The number of amides is 1. The van der Waals surface area contributed by atoms with E-state index in [1.54, 1.807) is 7.11 Å². The maximum Gasteiger partial charge on any atom is 0.240 e. The Hall–Kier alpha value is -1.96. The second-order valence-corrected chi connectivity index (χ2v) is 8.92. The number of hydrogen-bond donors (Lipinski definition) is 1. The van der Waals surface area contributed by atoms with Crippen molar-refractivity contribution in [2.24, 2.45) is 0 Å². The summed E-state index contributed by atoms with van der Waals surface area (Å²) in [6.45, 7) is 0.0569. The molecule has 1 N–H and O–H groups in total. The van der Waals surface area contributed by atoms with Crippen molar-refractivity contribution in [3.05, 3.63) is 58.1 Å². The third kappa shape index (κ3) is 6.58. The number of sulfonamides is 1. The predicted octanol–water partition coefficient (Wildman–Crippen LogP) is 3.52. The van der Waals surface area contributed by atoms with E-state index in [-0.39, 0.29) is 17.3 Å². The molecule has 0 bridgehead atoms. The van der Waals surface area contributed by atoms with Crippen LogP contribution in [0.4, 0.5) is 5.69 Å². The van der Waals surface area contributed by atoms with Crippen molar-refractivity contribution in [1.82, 2.24) is 5.32 Å². The molecule has 9 heteroatoms. The minimum absolute atomic E-state index is 0.156. The predicted molar refractivity (Wildman–Crippen MR) is 113 cm³/mol. The van der Waals surface area contributed by atoms with E-state index >= 15 is 0 Å². The van der Waals surface area contributed by atoms with Gasteiger partial charge in [-0.1, -0.05) is 35.3 Å². The molecule has 0 spiro atoms. The normalized spacial score (nSPS) is 11.1. The molecule has 2 rings (SSSR count). The minimum Gasteiger partial charge on any atom is -0.497 e. The van der Waals surface area contributed by atoms with Gasteiger partial charge in [0.05, 0.1) is 24.1 Å². The molecule has 2 aromatic rings. The smallest absolute Gasteiger partial charge is 0.240 e. The van der Waals surface area contributed by atoms with Gasteiger partial charge < -0.3 is 10.1 Å². The zero-order valence-corrected chi connectivity index (χ0v) is 17.9. The Morgan fingerprint density at radius 2 is 1.93 bits per heavy atom. The van der Waals surface area contributed by atoms with Crippen LogP contribution in [-0.4, -0.2) is 40.8 Å². The SMILES string of the molecule is COc1cccc(CCCNC(=O)CN(c2ccc(Cl)cc2Cl)S(C)(=O)=O)c1. The average Bonchev–Trinajstić information content (AvgIpc) is 2.63. The third-order valence-corrected chi connectivity index (χ3v) is 5.63. The molecule has 0 aliphatic carbocycles. The summed E-state index contributed by atoms with van der Waals surface area (Å²) in [5.41, 5.74) is 1.31. The first-order chi connectivity index (χ1) is 13.2. The van der Waals surface area contributed by atoms with E-state index in [1.165, 1.54) is 18.2 Å². The van der Waals surface area contributed by atoms with Crippen LogP contribution in [0.3, 0.4) is 0 Å². The number of carbonyl (C=O) groups excluding carboxylic acids is 1. The number of benzene rings is 2. The summed E-state index contributed by atoms with van der Waals surface area (Å²) in [4.78, 5) is 12.3. The van der Waals surface area contributed by atoms with Gasteiger partial charge in [-0.3, -0.25) is 9.10 Å². The number of ether oxygens (including phenoxy) is 1. The van der Waals surface area contributed by atoms with Gasteiger partial charge >= 0.3 is 0 Å². The first-order valence-electron chi connectivity index (χ1n) is 8.53. The maximum atomic E-state index is 12.3. The van der Waals surface area contributed by atoms with Gasteiger partial charge in [-0.25, -0.2) is 8.42 Å². The molecule has 0 fully saturated rings. The lowest BCUT2D eigenvalue weighted by molar-refractivity contribution is -0.119. The summed E-state index contributed by atoms with van der Waals surface area (Å²) < 4.78 is 30.4. The van der Waals surface area contributed by atoms with E-state index in [0.29, 0.717) is 18.0 Å². The standard InChI is InChI=1S/C19H22Cl2N2O4S/c1-27-16-7-3-5-14(11-16)6-4-10-22-19(24)13-23(28(2,25)26)18-9-8-15(20)12-17(18)21/h3,5,7-9,11-12H,4,6,10,13H2,1-2H3,(H,22,24). The lowest BCUT2D eigenvalue weighted by Gasteiger charge is -2.23. The fraction of sp³-hybridized carbons (Fsp3) is 0.316.